The van der Waals surface area contributed by atoms with Gasteiger partial charge in [0.1, 0.15) is 0 Å². The Balaban J connectivity index is 2.10. The van der Waals surface area contributed by atoms with Gasteiger partial charge in [-0.15, -0.1) is 0 Å². The zero-order valence-electron chi connectivity index (χ0n) is 11.3. The summed E-state index contributed by atoms with van der Waals surface area (Å²) in [5, 5.41) is 2.93. The highest BCUT2D eigenvalue weighted by molar-refractivity contribution is 5.47. The molecule has 0 aliphatic heterocycles. The van der Waals surface area contributed by atoms with E-state index in [1.807, 2.05) is 20.8 Å². The minimum atomic E-state index is -1.44. The smallest absolute Gasteiger partial charge is 0.196 e. The minimum Gasteiger partial charge on any atom is -0.379 e. The molecule has 0 saturated heterocycles. The summed E-state index contributed by atoms with van der Waals surface area (Å²) in [5.74, 6) is -3.79. The summed E-state index contributed by atoms with van der Waals surface area (Å²) in [7, 11) is 0. The number of ether oxygens (including phenoxy) is 1. The lowest BCUT2D eigenvalue weighted by molar-refractivity contribution is -0.0976. The average molecular weight is 273 g/mol. The van der Waals surface area contributed by atoms with Gasteiger partial charge in [0.15, 0.2) is 17.5 Å². The van der Waals surface area contributed by atoms with Crippen LogP contribution in [0.5, 0.6) is 0 Å². The van der Waals surface area contributed by atoms with Crippen LogP contribution in [0.3, 0.4) is 0 Å². The first-order valence-electron chi connectivity index (χ1n) is 6.39. The Hall–Kier alpha value is -1.23. The van der Waals surface area contributed by atoms with Crippen molar-refractivity contribution >= 4 is 5.69 Å². The van der Waals surface area contributed by atoms with Gasteiger partial charge < -0.3 is 10.1 Å². The molecule has 5 heteroatoms. The molecule has 1 N–H and O–H groups in total. The van der Waals surface area contributed by atoms with Crippen molar-refractivity contribution in [3.8, 4) is 0 Å². The highest BCUT2D eigenvalue weighted by Gasteiger charge is 2.49. The molecule has 19 heavy (non-hydrogen) atoms. The standard InChI is InChI=1S/C14H18F3NO/c1-4-19-11-7-10(14(11,2)3)18-9-6-5-8(15)12(16)13(9)17/h5-6,10-11,18H,4,7H2,1-3H3. The fourth-order valence-corrected chi connectivity index (χ4v) is 2.44. The molecule has 106 valence electrons. The van der Waals surface area contributed by atoms with Gasteiger partial charge in [0, 0.05) is 18.1 Å². The largest absolute Gasteiger partial charge is 0.379 e. The van der Waals surface area contributed by atoms with Gasteiger partial charge in [-0.25, -0.2) is 13.2 Å². The summed E-state index contributed by atoms with van der Waals surface area (Å²) in [6, 6.07) is 2.12. The second-order valence-electron chi connectivity index (χ2n) is 5.42. The normalized spacial score (nSPS) is 24.9. The first kappa shape index (κ1) is 14.2. The van der Waals surface area contributed by atoms with Gasteiger partial charge in [0.25, 0.3) is 0 Å². The predicted octanol–water partition coefficient (Wildman–Crippen LogP) is 3.72. The Labute approximate surface area is 111 Å². The fourth-order valence-electron chi connectivity index (χ4n) is 2.44. The van der Waals surface area contributed by atoms with E-state index in [0.29, 0.717) is 6.61 Å². The highest BCUT2D eigenvalue weighted by atomic mass is 19.2. The second kappa shape index (κ2) is 5.04. The Morgan fingerprint density at radius 2 is 1.95 bits per heavy atom. The molecule has 2 rings (SSSR count). The van der Waals surface area contributed by atoms with Gasteiger partial charge in [0.2, 0.25) is 0 Å². The molecule has 1 aromatic carbocycles. The van der Waals surface area contributed by atoms with Crippen molar-refractivity contribution < 1.29 is 17.9 Å². The van der Waals surface area contributed by atoms with Gasteiger partial charge in [-0.1, -0.05) is 13.8 Å². The number of anilines is 1. The van der Waals surface area contributed by atoms with Crippen LogP contribution < -0.4 is 5.32 Å². The lowest BCUT2D eigenvalue weighted by atomic mass is 9.64. The lowest BCUT2D eigenvalue weighted by Gasteiger charge is -2.52. The van der Waals surface area contributed by atoms with Crippen LogP contribution in [-0.2, 0) is 4.74 Å². The molecule has 0 aromatic heterocycles. The SMILES string of the molecule is CCOC1CC(Nc2ccc(F)c(F)c2F)C1(C)C. The molecule has 2 unspecified atom stereocenters. The molecule has 1 fully saturated rings. The third-order valence-electron chi connectivity index (χ3n) is 3.91. The van der Waals surface area contributed by atoms with Crippen molar-refractivity contribution in [2.24, 2.45) is 5.41 Å². The highest BCUT2D eigenvalue weighted by Crippen LogP contribution is 2.44. The van der Waals surface area contributed by atoms with Crippen LogP contribution in [0.2, 0.25) is 0 Å². The van der Waals surface area contributed by atoms with Crippen molar-refractivity contribution in [2.45, 2.75) is 39.3 Å². The van der Waals surface area contributed by atoms with Crippen LogP contribution in [0, 0.1) is 22.9 Å². The molecule has 2 nitrogen and oxygen atoms in total. The van der Waals surface area contributed by atoms with E-state index >= 15 is 0 Å². The third-order valence-corrected chi connectivity index (χ3v) is 3.91. The number of hydrogen-bond donors (Lipinski definition) is 1. The summed E-state index contributed by atoms with van der Waals surface area (Å²) in [6.45, 7) is 6.56. The number of nitrogens with one attached hydrogen (secondary N) is 1. The predicted molar refractivity (Wildman–Crippen MR) is 67.5 cm³/mol. The van der Waals surface area contributed by atoms with E-state index < -0.39 is 17.5 Å². The Morgan fingerprint density at radius 3 is 2.53 bits per heavy atom. The van der Waals surface area contributed by atoms with Crippen molar-refractivity contribution in [1.82, 2.24) is 0 Å². The molecule has 1 saturated carbocycles. The van der Waals surface area contributed by atoms with Crippen molar-refractivity contribution in [3.63, 3.8) is 0 Å². The number of benzene rings is 1. The van der Waals surface area contributed by atoms with Crippen LogP contribution in [0.25, 0.3) is 0 Å². The number of hydrogen-bond acceptors (Lipinski definition) is 2. The van der Waals surface area contributed by atoms with Crippen molar-refractivity contribution in [2.75, 3.05) is 11.9 Å². The quantitative estimate of drug-likeness (QED) is 0.844. The van der Waals surface area contributed by atoms with Gasteiger partial charge in [-0.3, -0.25) is 0 Å². The summed E-state index contributed by atoms with van der Waals surface area (Å²) in [5.41, 5.74) is -0.181. The molecule has 0 heterocycles. The molecule has 0 bridgehead atoms. The lowest BCUT2D eigenvalue weighted by Crippen LogP contribution is -2.58. The molecule has 0 radical (unpaired) electrons. The van der Waals surface area contributed by atoms with Crippen LogP contribution in [0.1, 0.15) is 27.2 Å². The topological polar surface area (TPSA) is 21.3 Å². The molecule has 0 spiro atoms. The molecule has 1 aliphatic carbocycles. The first-order valence-corrected chi connectivity index (χ1v) is 6.39. The van der Waals surface area contributed by atoms with E-state index in [1.54, 1.807) is 0 Å². The van der Waals surface area contributed by atoms with Crippen molar-refractivity contribution in [3.05, 3.63) is 29.6 Å². The Morgan fingerprint density at radius 1 is 1.26 bits per heavy atom. The van der Waals surface area contributed by atoms with E-state index in [1.165, 1.54) is 6.07 Å². The molecule has 2 atom stereocenters. The minimum absolute atomic E-state index is 0.00748. The Kier molecular flexibility index (Phi) is 3.76. The fraction of sp³-hybridized carbons (Fsp3) is 0.571. The van der Waals surface area contributed by atoms with E-state index in [4.69, 9.17) is 4.74 Å². The summed E-state index contributed by atoms with van der Waals surface area (Å²) < 4.78 is 45.1. The van der Waals surface area contributed by atoms with Crippen LogP contribution in [-0.4, -0.2) is 18.8 Å². The zero-order chi connectivity index (χ0) is 14.2. The van der Waals surface area contributed by atoms with Crippen molar-refractivity contribution in [1.29, 1.82) is 0 Å². The summed E-state index contributed by atoms with van der Waals surface area (Å²) in [6.07, 6.45) is 0.822. The van der Waals surface area contributed by atoms with Crippen LogP contribution >= 0.6 is 0 Å². The maximum Gasteiger partial charge on any atom is 0.196 e. The summed E-state index contributed by atoms with van der Waals surface area (Å²) >= 11 is 0. The van der Waals surface area contributed by atoms with E-state index in [-0.39, 0.29) is 23.2 Å². The van der Waals surface area contributed by atoms with Gasteiger partial charge in [-0.05, 0) is 25.5 Å². The zero-order valence-corrected chi connectivity index (χ0v) is 11.3. The molecule has 0 amide bonds. The second-order valence-corrected chi connectivity index (χ2v) is 5.42. The maximum absolute atomic E-state index is 13.6. The first-order chi connectivity index (χ1) is 8.87. The number of halogens is 3. The molecule has 1 aliphatic rings. The molecular weight excluding hydrogens is 255 g/mol. The third kappa shape index (κ3) is 2.43. The van der Waals surface area contributed by atoms with Gasteiger partial charge >= 0.3 is 0 Å². The van der Waals surface area contributed by atoms with E-state index in [2.05, 4.69) is 5.32 Å². The van der Waals surface area contributed by atoms with Gasteiger partial charge in [0.05, 0.1) is 11.8 Å². The van der Waals surface area contributed by atoms with Crippen LogP contribution in [0.15, 0.2) is 12.1 Å². The maximum atomic E-state index is 13.6. The van der Waals surface area contributed by atoms with Crippen LogP contribution in [0.4, 0.5) is 18.9 Å². The Bertz CT molecular complexity index is 476. The summed E-state index contributed by atoms with van der Waals surface area (Å²) in [4.78, 5) is 0. The van der Waals surface area contributed by atoms with Gasteiger partial charge in [-0.2, -0.15) is 0 Å². The van der Waals surface area contributed by atoms with E-state index in [9.17, 15) is 13.2 Å². The average Bonchev–Trinajstić information content (AvgIpc) is 2.37. The number of rotatable bonds is 4. The monoisotopic (exact) mass is 273 g/mol. The van der Waals surface area contributed by atoms with E-state index in [0.717, 1.165) is 12.5 Å². The molecule has 1 aromatic rings. The molecular formula is C14H18F3NO.